The van der Waals surface area contributed by atoms with Crippen molar-refractivity contribution >= 4 is 23.5 Å². The molecule has 1 aromatic heterocycles. The van der Waals surface area contributed by atoms with E-state index in [1.807, 2.05) is 12.3 Å². The van der Waals surface area contributed by atoms with Gasteiger partial charge in [0.15, 0.2) is 11.0 Å². The van der Waals surface area contributed by atoms with E-state index in [4.69, 9.17) is 0 Å². The minimum absolute atomic E-state index is 0.890. The number of benzene rings is 1. The Kier molecular flexibility index (Phi) is 4.12. The van der Waals surface area contributed by atoms with Gasteiger partial charge in [0.25, 0.3) is 0 Å². The highest BCUT2D eigenvalue weighted by atomic mass is 32.2. The third-order valence-electron chi connectivity index (χ3n) is 2.56. The molecule has 5 heteroatoms. The van der Waals surface area contributed by atoms with Crippen LogP contribution in [-0.2, 0) is 6.54 Å². The predicted octanol–water partition coefficient (Wildman–Crippen LogP) is 3.41. The predicted molar refractivity (Wildman–Crippen MR) is 74.7 cm³/mol. The molecule has 0 bridgehead atoms. The Hall–Kier alpha value is -0.940. The Morgan fingerprint density at radius 1 is 1.12 bits per heavy atom. The van der Waals surface area contributed by atoms with Gasteiger partial charge in [-0.25, -0.2) is 0 Å². The fraction of sp³-hybridized carbons (Fsp3) is 0.333. The number of thioether (sulfide) groups is 2. The zero-order valence-electron chi connectivity index (χ0n) is 10.2. The Morgan fingerprint density at radius 2 is 1.88 bits per heavy atom. The van der Waals surface area contributed by atoms with Gasteiger partial charge >= 0.3 is 0 Å². The van der Waals surface area contributed by atoms with Crippen molar-refractivity contribution in [3.8, 4) is 11.4 Å². The summed E-state index contributed by atoms with van der Waals surface area (Å²) in [7, 11) is 0. The Balaban J connectivity index is 2.56. The van der Waals surface area contributed by atoms with Crippen LogP contribution in [0.4, 0.5) is 0 Å². The van der Waals surface area contributed by atoms with Crippen LogP contribution in [0.25, 0.3) is 11.4 Å². The first-order chi connectivity index (χ1) is 8.31. The van der Waals surface area contributed by atoms with Crippen molar-refractivity contribution < 1.29 is 0 Å². The first-order valence-electron chi connectivity index (χ1n) is 5.42. The lowest BCUT2D eigenvalue weighted by molar-refractivity contribution is 0.687. The Morgan fingerprint density at radius 3 is 2.53 bits per heavy atom. The molecule has 17 heavy (non-hydrogen) atoms. The van der Waals surface area contributed by atoms with E-state index in [-0.39, 0.29) is 0 Å². The summed E-state index contributed by atoms with van der Waals surface area (Å²) in [6.45, 7) is 3.01. The Labute approximate surface area is 110 Å². The van der Waals surface area contributed by atoms with Gasteiger partial charge in [0.05, 0.1) is 0 Å². The molecule has 2 aromatic rings. The number of hydrogen-bond acceptors (Lipinski definition) is 4. The lowest BCUT2D eigenvalue weighted by Crippen LogP contribution is -1.99. The van der Waals surface area contributed by atoms with Crippen molar-refractivity contribution in [1.29, 1.82) is 0 Å². The molecule has 1 heterocycles. The summed E-state index contributed by atoms with van der Waals surface area (Å²) in [6.07, 6.45) is 4.11. The number of hydrogen-bond donors (Lipinski definition) is 0. The molecular formula is C12H15N3S2. The summed E-state index contributed by atoms with van der Waals surface area (Å²) >= 11 is 3.37. The summed E-state index contributed by atoms with van der Waals surface area (Å²) in [5, 5.41) is 9.51. The normalized spacial score (nSPS) is 10.8. The van der Waals surface area contributed by atoms with E-state index in [1.54, 1.807) is 23.5 Å². The van der Waals surface area contributed by atoms with Crippen molar-refractivity contribution in [1.82, 2.24) is 14.8 Å². The molecule has 3 nitrogen and oxygen atoms in total. The highest BCUT2D eigenvalue weighted by Gasteiger charge is 2.14. The SMILES string of the molecule is CCn1c(SC)nnc1-c1ccccc1SC. The quantitative estimate of drug-likeness (QED) is 0.793. The molecule has 0 saturated heterocycles. The second-order valence-corrected chi connectivity index (χ2v) is 5.08. The van der Waals surface area contributed by atoms with E-state index in [0.29, 0.717) is 0 Å². The highest BCUT2D eigenvalue weighted by Crippen LogP contribution is 2.30. The minimum atomic E-state index is 0.890. The van der Waals surface area contributed by atoms with Crippen molar-refractivity contribution in [2.45, 2.75) is 23.5 Å². The topological polar surface area (TPSA) is 30.7 Å². The van der Waals surface area contributed by atoms with E-state index in [1.165, 1.54) is 4.90 Å². The fourth-order valence-corrected chi connectivity index (χ4v) is 2.91. The summed E-state index contributed by atoms with van der Waals surface area (Å²) in [5.41, 5.74) is 1.16. The van der Waals surface area contributed by atoms with Gasteiger partial charge in [-0.3, -0.25) is 0 Å². The zero-order chi connectivity index (χ0) is 12.3. The molecule has 1 aromatic carbocycles. The third-order valence-corrected chi connectivity index (χ3v) is 4.03. The van der Waals surface area contributed by atoms with Crippen molar-refractivity contribution in [3.05, 3.63) is 24.3 Å². The van der Waals surface area contributed by atoms with Crippen LogP contribution in [0, 0.1) is 0 Å². The molecule has 90 valence electrons. The number of nitrogens with zero attached hydrogens (tertiary/aromatic N) is 3. The van der Waals surface area contributed by atoms with Gasteiger partial charge in [0.1, 0.15) is 0 Å². The molecule has 0 aliphatic rings. The van der Waals surface area contributed by atoms with E-state index < -0.39 is 0 Å². The molecule has 0 radical (unpaired) electrons. The van der Waals surface area contributed by atoms with Crippen molar-refractivity contribution in [2.75, 3.05) is 12.5 Å². The maximum Gasteiger partial charge on any atom is 0.191 e. The van der Waals surface area contributed by atoms with Gasteiger partial charge in [0.2, 0.25) is 0 Å². The van der Waals surface area contributed by atoms with Gasteiger partial charge < -0.3 is 4.57 Å². The summed E-state index contributed by atoms with van der Waals surface area (Å²) in [4.78, 5) is 1.24. The van der Waals surface area contributed by atoms with E-state index >= 15 is 0 Å². The molecule has 0 unspecified atom stereocenters. The van der Waals surface area contributed by atoms with E-state index in [9.17, 15) is 0 Å². The van der Waals surface area contributed by atoms with E-state index in [0.717, 1.165) is 23.1 Å². The van der Waals surface area contributed by atoms with Gasteiger partial charge in [-0.05, 0) is 25.5 Å². The maximum atomic E-state index is 4.32. The zero-order valence-corrected chi connectivity index (χ0v) is 11.8. The molecular weight excluding hydrogens is 250 g/mol. The van der Waals surface area contributed by atoms with E-state index in [2.05, 4.69) is 46.1 Å². The molecule has 0 amide bonds. The molecule has 2 rings (SSSR count). The molecule has 0 saturated carbocycles. The number of aromatic nitrogens is 3. The lowest BCUT2D eigenvalue weighted by Gasteiger charge is -2.08. The minimum Gasteiger partial charge on any atom is -0.302 e. The summed E-state index contributed by atoms with van der Waals surface area (Å²) in [6, 6.07) is 8.32. The average Bonchev–Trinajstić information content (AvgIpc) is 2.81. The largest absolute Gasteiger partial charge is 0.302 e. The van der Waals surface area contributed by atoms with Crippen LogP contribution in [-0.4, -0.2) is 27.3 Å². The lowest BCUT2D eigenvalue weighted by atomic mass is 10.2. The second-order valence-electron chi connectivity index (χ2n) is 3.45. The van der Waals surface area contributed by atoms with Crippen LogP contribution in [0.15, 0.2) is 34.3 Å². The number of rotatable bonds is 4. The summed E-state index contributed by atoms with van der Waals surface area (Å²) < 4.78 is 2.15. The van der Waals surface area contributed by atoms with Gasteiger partial charge in [-0.1, -0.05) is 30.0 Å². The molecule has 0 aliphatic carbocycles. The fourth-order valence-electron chi connectivity index (χ4n) is 1.75. The van der Waals surface area contributed by atoms with Crippen LogP contribution in [0.2, 0.25) is 0 Å². The van der Waals surface area contributed by atoms with Crippen molar-refractivity contribution in [3.63, 3.8) is 0 Å². The van der Waals surface area contributed by atoms with Gasteiger partial charge in [-0.2, -0.15) is 0 Å². The van der Waals surface area contributed by atoms with Crippen LogP contribution in [0.3, 0.4) is 0 Å². The Bertz CT molecular complexity index is 508. The van der Waals surface area contributed by atoms with Gasteiger partial charge in [0, 0.05) is 17.0 Å². The second kappa shape index (κ2) is 5.60. The molecule has 0 aliphatic heterocycles. The highest BCUT2D eigenvalue weighted by molar-refractivity contribution is 7.98. The maximum absolute atomic E-state index is 4.32. The van der Waals surface area contributed by atoms with Crippen LogP contribution in [0.5, 0.6) is 0 Å². The third kappa shape index (κ3) is 2.35. The average molecular weight is 265 g/mol. The summed E-state index contributed by atoms with van der Waals surface area (Å²) in [5.74, 6) is 0.960. The first kappa shape index (κ1) is 12.5. The van der Waals surface area contributed by atoms with Crippen LogP contribution in [0.1, 0.15) is 6.92 Å². The standard InChI is InChI=1S/C12H15N3S2/c1-4-15-11(13-14-12(15)17-3)9-7-5-6-8-10(9)16-2/h5-8H,4H2,1-3H3. The molecule has 0 atom stereocenters. The van der Waals surface area contributed by atoms with Gasteiger partial charge in [-0.15, -0.1) is 22.0 Å². The smallest absolute Gasteiger partial charge is 0.191 e. The molecule has 0 spiro atoms. The molecule has 0 N–H and O–H groups in total. The van der Waals surface area contributed by atoms with Crippen LogP contribution < -0.4 is 0 Å². The van der Waals surface area contributed by atoms with Crippen molar-refractivity contribution in [2.24, 2.45) is 0 Å². The first-order valence-corrected chi connectivity index (χ1v) is 7.87. The van der Waals surface area contributed by atoms with Crippen LogP contribution >= 0.6 is 23.5 Å². The monoisotopic (exact) mass is 265 g/mol. The molecule has 0 fully saturated rings.